The monoisotopic (exact) mass is 230 g/mol. The first-order valence-electron chi connectivity index (χ1n) is 4.80. The Balaban J connectivity index is 3.07. The molecule has 1 heterocycles. The maximum absolute atomic E-state index is 10.8. The molecule has 1 aromatic rings. The fourth-order valence-electron chi connectivity index (χ4n) is 1.34. The summed E-state index contributed by atoms with van der Waals surface area (Å²) >= 11 is 0. The molecule has 0 fully saturated rings. The van der Waals surface area contributed by atoms with E-state index in [0.717, 1.165) is 0 Å². The molecule has 0 aliphatic heterocycles. The van der Waals surface area contributed by atoms with Gasteiger partial charge in [0.2, 0.25) is 0 Å². The van der Waals surface area contributed by atoms with Gasteiger partial charge in [-0.15, -0.1) is 0 Å². The fourth-order valence-corrected chi connectivity index (χ4v) is 1.34. The second-order valence-corrected chi connectivity index (χ2v) is 3.28. The number of aryl methyl sites for hydroxylation is 1. The third-order valence-corrected chi connectivity index (χ3v) is 2.15. The third-order valence-electron chi connectivity index (χ3n) is 2.15. The Kier molecular flexibility index (Phi) is 4.02. The number of aromatic carboxylic acids is 1. The first-order valence-corrected chi connectivity index (χ1v) is 4.80. The maximum Gasteiger partial charge on any atom is 0.337 e. The fraction of sp³-hybridized carbons (Fsp3) is 0.273. The number of nitriles is 2. The number of nitrogens with zero attached hydrogens (tertiary/aromatic N) is 4. The molecule has 86 valence electrons. The summed E-state index contributed by atoms with van der Waals surface area (Å²) in [5.74, 6) is -0.621. The van der Waals surface area contributed by atoms with Crippen molar-refractivity contribution in [2.45, 2.75) is 6.92 Å². The van der Waals surface area contributed by atoms with Gasteiger partial charge in [-0.25, -0.2) is 9.78 Å². The highest BCUT2D eigenvalue weighted by atomic mass is 16.4. The van der Waals surface area contributed by atoms with E-state index < -0.39 is 5.97 Å². The van der Waals surface area contributed by atoms with Gasteiger partial charge in [0.1, 0.15) is 18.9 Å². The quantitative estimate of drug-likeness (QED) is 0.772. The number of carboxylic acid groups (broad SMARTS) is 1. The van der Waals surface area contributed by atoms with Gasteiger partial charge in [0.15, 0.2) is 0 Å². The largest absolute Gasteiger partial charge is 0.478 e. The molecule has 1 rings (SSSR count). The van der Waals surface area contributed by atoms with E-state index in [9.17, 15) is 4.79 Å². The van der Waals surface area contributed by atoms with Gasteiger partial charge in [0.25, 0.3) is 0 Å². The molecule has 0 aliphatic carbocycles. The minimum absolute atomic E-state index is 0.0341. The van der Waals surface area contributed by atoms with E-state index in [-0.39, 0.29) is 18.7 Å². The zero-order valence-electron chi connectivity index (χ0n) is 9.21. The predicted molar refractivity (Wildman–Crippen MR) is 59.4 cm³/mol. The van der Waals surface area contributed by atoms with Crippen LogP contribution in [0.2, 0.25) is 0 Å². The average Bonchev–Trinajstić information content (AvgIpc) is 2.28. The molecule has 6 nitrogen and oxygen atoms in total. The molecule has 1 aromatic heterocycles. The molecular weight excluding hydrogens is 220 g/mol. The summed E-state index contributed by atoms with van der Waals surface area (Å²) in [7, 11) is 0. The number of pyridine rings is 1. The Morgan fingerprint density at radius 3 is 2.41 bits per heavy atom. The standard InChI is InChI=1S/C11H10N4O2/c1-8-9(11(16)17)2-3-10(14-8)15(6-4-12)7-5-13/h2-3H,6-7H2,1H3,(H,16,17). The van der Waals surface area contributed by atoms with Gasteiger partial charge < -0.3 is 10.0 Å². The van der Waals surface area contributed by atoms with Gasteiger partial charge in [-0.2, -0.15) is 10.5 Å². The number of carboxylic acids is 1. The normalized spacial score (nSPS) is 9.12. The summed E-state index contributed by atoms with van der Waals surface area (Å²) in [5.41, 5.74) is 0.471. The van der Waals surface area contributed by atoms with Crippen molar-refractivity contribution >= 4 is 11.8 Å². The van der Waals surface area contributed by atoms with Gasteiger partial charge in [-0.1, -0.05) is 0 Å². The van der Waals surface area contributed by atoms with Crippen LogP contribution in [0.25, 0.3) is 0 Å². The number of rotatable bonds is 4. The molecule has 0 aromatic carbocycles. The Morgan fingerprint density at radius 1 is 1.41 bits per heavy atom. The second kappa shape index (κ2) is 5.47. The van der Waals surface area contributed by atoms with Crippen molar-refractivity contribution in [1.82, 2.24) is 4.98 Å². The first kappa shape index (κ1) is 12.5. The molecule has 0 radical (unpaired) electrons. The molecule has 0 aliphatic rings. The highest BCUT2D eigenvalue weighted by Crippen LogP contribution is 2.14. The van der Waals surface area contributed by atoms with Crippen molar-refractivity contribution in [3.8, 4) is 12.1 Å². The highest BCUT2D eigenvalue weighted by molar-refractivity contribution is 5.89. The van der Waals surface area contributed by atoms with Crippen LogP contribution in [0, 0.1) is 29.6 Å². The van der Waals surface area contributed by atoms with E-state index in [4.69, 9.17) is 15.6 Å². The van der Waals surface area contributed by atoms with Crippen LogP contribution in [0.3, 0.4) is 0 Å². The van der Waals surface area contributed by atoms with E-state index >= 15 is 0 Å². The Labute approximate surface area is 98.3 Å². The van der Waals surface area contributed by atoms with Gasteiger partial charge >= 0.3 is 5.97 Å². The van der Waals surface area contributed by atoms with Crippen LogP contribution in [-0.2, 0) is 0 Å². The Hall–Kier alpha value is -2.60. The van der Waals surface area contributed by atoms with E-state index in [2.05, 4.69) is 4.98 Å². The lowest BCUT2D eigenvalue weighted by atomic mass is 10.2. The molecular formula is C11H10N4O2. The van der Waals surface area contributed by atoms with Gasteiger partial charge in [-0.05, 0) is 19.1 Å². The van der Waals surface area contributed by atoms with E-state index in [1.54, 1.807) is 6.92 Å². The molecule has 0 atom stereocenters. The topological polar surface area (TPSA) is 101 Å². The van der Waals surface area contributed by atoms with E-state index in [0.29, 0.717) is 11.5 Å². The lowest BCUT2D eigenvalue weighted by Gasteiger charge is -2.17. The first-order chi connectivity index (χ1) is 8.10. The van der Waals surface area contributed by atoms with Crippen molar-refractivity contribution in [3.05, 3.63) is 23.4 Å². The maximum atomic E-state index is 10.8. The zero-order valence-corrected chi connectivity index (χ0v) is 9.21. The molecule has 0 saturated heterocycles. The summed E-state index contributed by atoms with van der Waals surface area (Å²) in [5, 5.41) is 26.1. The minimum atomic E-state index is -1.05. The molecule has 17 heavy (non-hydrogen) atoms. The SMILES string of the molecule is Cc1nc(N(CC#N)CC#N)ccc1C(=O)O. The minimum Gasteiger partial charge on any atom is -0.478 e. The number of carbonyl (C=O) groups is 1. The highest BCUT2D eigenvalue weighted by Gasteiger charge is 2.12. The van der Waals surface area contributed by atoms with Crippen molar-refractivity contribution in [2.24, 2.45) is 0 Å². The predicted octanol–water partition coefficient (Wildman–Crippen LogP) is 0.942. The third kappa shape index (κ3) is 2.93. The molecule has 6 heteroatoms. The Morgan fingerprint density at radius 2 is 2.00 bits per heavy atom. The molecule has 0 bridgehead atoms. The zero-order chi connectivity index (χ0) is 12.8. The van der Waals surface area contributed by atoms with Crippen molar-refractivity contribution in [3.63, 3.8) is 0 Å². The van der Waals surface area contributed by atoms with Crippen LogP contribution >= 0.6 is 0 Å². The van der Waals surface area contributed by atoms with Crippen LogP contribution in [0.5, 0.6) is 0 Å². The van der Waals surface area contributed by atoms with Crippen LogP contribution < -0.4 is 4.90 Å². The van der Waals surface area contributed by atoms with Crippen LogP contribution in [-0.4, -0.2) is 29.1 Å². The summed E-state index contributed by atoms with van der Waals surface area (Å²) in [4.78, 5) is 16.3. The lowest BCUT2D eigenvalue weighted by molar-refractivity contribution is 0.0695. The molecule has 0 amide bonds. The number of aromatic nitrogens is 1. The van der Waals surface area contributed by atoms with Crippen molar-refractivity contribution in [1.29, 1.82) is 10.5 Å². The van der Waals surface area contributed by atoms with Crippen molar-refractivity contribution in [2.75, 3.05) is 18.0 Å². The van der Waals surface area contributed by atoms with E-state index in [1.807, 2.05) is 12.1 Å². The Bertz CT molecular complexity index is 497. The smallest absolute Gasteiger partial charge is 0.337 e. The van der Waals surface area contributed by atoms with Gasteiger partial charge in [0.05, 0.1) is 23.4 Å². The van der Waals surface area contributed by atoms with Crippen LogP contribution in [0.15, 0.2) is 12.1 Å². The number of hydrogen-bond acceptors (Lipinski definition) is 5. The van der Waals surface area contributed by atoms with Gasteiger partial charge in [-0.3, -0.25) is 0 Å². The van der Waals surface area contributed by atoms with Gasteiger partial charge in [0, 0.05) is 0 Å². The molecule has 0 saturated carbocycles. The van der Waals surface area contributed by atoms with Crippen molar-refractivity contribution < 1.29 is 9.90 Å². The summed E-state index contributed by atoms with van der Waals surface area (Å²) < 4.78 is 0. The summed E-state index contributed by atoms with van der Waals surface area (Å²) in [6.45, 7) is 1.64. The van der Waals surface area contributed by atoms with E-state index in [1.165, 1.54) is 17.0 Å². The average molecular weight is 230 g/mol. The van der Waals surface area contributed by atoms with Crippen LogP contribution in [0.4, 0.5) is 5.82 Å². The molecule has 0 spiro atoms. The summed E-state index contributed by atoms with van der Waals surface area (Å²) in [6.07, 6.45) is 0. The van der Waals surface area contributed by atoms with Crippen LogP contribution in [0.1, 0.15) is 16.1 Å². The lowest BCUT2D eigenvalue weighted by Crippen LogP contribution is -2.25. The number of anilines is 1. The molecule has 0 unspecified atom stereocenters. The molecule has 1 N–H and O–H groups in total. The second-order valence-electron chi connectivity index (χ2n) is 3.28. The summed E-state index contributed by atoms with van der Waals surface area (Å²) in [6, 6.07) is 6.76. The number of hydrogen-bond donors (Lipinski definition) is 1.